The highest BCUT2D eigenvalue weighted by molar-refractivity contribution is 9.10. The number of aromatic nitrogens is 3. The fraction of sp³-hybridized carbons (Fsp3) is 0.0625. The molecule has 0 radical (unpaired) electrons. The predicted octanol–water partition coefficient (Wildman–Crippen LogP) is 3.46. The van der Waals surface area contributed by atoms with E-state index in [0.29, 0.717) is 17.3 Å². The van der Waals surface area contributed by atoms with Gasteiger partial charge in [-0.1, -0.05) is 57.9 Å². The first-order valence-corrected chi connectivity index (χ1v) is 8.00. The molecule has 0 saturated carbocycles. The third-order valence-corrected chi connectivity index (χ3v) is 4.06. The summed E-state index contributed by atoms with van der Waals surface area (Å²) >= 11 is 9.55. The van der Waals surface area contributed by atoms with Crippen LogP contribution in [0.25, 0.3) is 0 Å². The van der Waals surface area contributed by atoms with E-state index < -0.39 is 5.69 Å². The van der Waals surface area contributed by atoms with Crippen molar-refractivity contribution < 1.29 is 0 Å². The Morgan fingerprint density at radius 2 is 2.09 bits per heavy atom. The molecule has 0 aliphatic rings. The summed E-state index contributed by atoms with van der Waals surface area (Å²) in [7, 11) is 0. The van der Waals surface area contributed by atoms with Gasteiger partial charge in [0, 0.05) is 15.9 Å². The van der Waals surface area contributed by atoms with Crippen LogP contribution in [0.4, 0.5) is 0 Å². The average Bonchev–Trinajstić information content (AvgIpc) is 2.88. The Balaban J connectivity index is 1.90. The number of nitrogens with one attached hydrogen (secondary N) is 1. The van der Waals surface area contributed by atoms with Crippen LogP contribution in [0.2, 0.25) is 5.02 Å². The van der Waals surface area contributed by atoms with Crippen molar-refractivity contribution in [1.82, 2.24) is 14.9 Å². The van der Waals surface area contributed by atoms with Crippen LogP contribution in [0.15, 0.2) is 62.9 Å². The van der Waals surface area contributed by atoms with Crippen molar-refractivity contribution in [3.05, 3.63) is 85.5 Å². The number of H-pyrrole nitrogens is 1. The van der Waals surface area contributed by atoms with E-state index in [0.717, 1.165) is 15.6 Å². The molecule has 3 aromatic rings. The lowest BCUT2D eigenvalue weighted by molar-refractivity contribution is 0.775. The van der Waals surface area contributed by atoms with Crippen molar-refractivity contribution in [1.29, 1.82) is 0 Å². The molecule has 0 fully saturated rings. The Kier molecular flexibility index (Phi) is 4.73. The highest BCUT2D eigenvalue weighted by atomic mass is 79.9. The fourth-order valence-electron chi connectivity index (χ4n) is 2.08. The zero-order valence-corrected chi connectivity index (χ0v) is 14.3. The molecule has 0 atom stereocenters. The molecule has 23 heavy (non-hydrogen) atoms. The third kappa shape index (κ3) is 3.78. The van der Waals surface area contributed by atoms with Gasteiger partial charge in [-0.05, 0) is 29.3 Å². The van der Waals surface area contributed by atoms with Crippen LogP contribution >= 0.6 is 27.5 Å². The van der Waals surface area contributed by atoms with Crippen LogP contribution in [0, 0.1) is 0 Å². The summed E-state index contributed by atoms with van der Waals surface area (Å²) in [6.45, 7) is 0. The summed E-state index contributed by atoms with van der Waals surface area (Å²) in [5.41, 5.74) is 1.36. The average molecular weight is 392 g/mol. The lowest BCUT2D eigenvalue weighted by Crippen LogP contribution is -2.15. The monoisotopic (exact) mass is 390 g/mol. The van der Waals surface area contributed by atoms with E-state index in [2.05, 4.69) is 31.2 Å². The summed E-state index contributed by atoms with van der Waals surface area (Å²) in [5, 5.41) is 11.3. The SMILES string of the molecule is O=c1[nH]nc(Cc2ccccc2Cl)n1/N=C/c1cccc(Br)c1. The highest BCUT2D eigenvalue weighted by Crippen LogP contribution is 2.17. The van der Waals surface area contributed by atoms with Crippen molar-refractivity contribution in [2.45, 2.75) is 6.42 Å². The van der Waals surface area contributed by atoms with Crippen molar-refractivity contribution >= 4 is 33.7 Å². The summed E-state index contributed by atoms with van der Waals surface area (Å²) in [6, 6.07) is 15.1. The van der Waals surface area contributed by atoms with Crippen molar-refractivity contribution in [2.24, 2.45) is 5.10 Å². The Morgan fingerprint density at radius 3 is 2.87 bits per heavy atom. The molecule has 1 aromatic heterocycles. The maximum atomic E-state index is 11.9. The third-order valence-electron chi connectivity index (χ3n) is 3.19. The van der Waals surface area contributed by atoms with E-state index in [4.69, 9.17) is 11.6 Å². The molecule has 116 valence electrons. The standard InChI is InChI=1S/C16H12BrClN4O/c17-13-6-3-4-11(8-13)10-19-22-15(20-21-16(22)23)9-12-5-1-2-7-14(12)18/h1-8,10H,9H2,(H,21,23)/b19-10+. The molecule has 2 aromatic carbocycles. The first kappa shape index (κ1) is 15.7. The highest BCUT2D eigenvalue weighted by Gasteiger charge is 2.10. The Bertz CT molecular complexity index is 916. The van der Waals surface area contributed by atoms with Crippen LogP contribution in [0.1, 0.15) is 17.0 Å². The van der Waals surface area contributed by atoms with E-state index in [1.54, 1.807) is 12.3 Å². The van der Waals surface area contributed by atoms with Gasteiger partial charge in [0.25, 0.3) is 0 Å². The van der Waals surface area contributed by atoms with E-state index in [1.807, 2.05) is 42.5 Å². The summed E-state index contributed by atoms with van der Waals surface area (Å²) in [4.78, 5) is 11.9. The zero-order chi connectivity index (χ0) is 16.2. The first-order chi connectivity index (χ1) is 11.1. The molecule has 0 spiro atoms. The van der Waals surface area contributed by atoms with E-state index >= 15 is 0 Å². The number of nitrogens with zero attached hydrogens (tertiary/aromatic N) is 3. The second-order valence-corrected chi connectivity index (χ2v) is 6.15. The number of hydrogen-bond acceptors (Lipinski definition) is 3. The number of aromatic amines is 1. The lowest BCUT2D eigenvalue weighted by atomic mass is 10.1. The maximum Gasteiger partial charge on any atom is 0.364 e. The molecule has 0 aliphatic heterocycles. The Hall–Kier alpha value is -2.18. The van der Waals surface area contributed by atoms with Crippen molar-refractivity contribution in [3.8, 4) is 0 Å². The van der Waals surface area contributed by atoms with Gasteiger partial charge in [-0.2, -0.15) is 14.9 Å². The van der Waals surface area contributed by atoms with Gasteiger partial charge in [0.2, 0.25) is 0 Å². The molecule has 5 nitrogen and oxygen atoms in total. The van der Waals surface area contributed by atoms with E-state index in [9.17, 15) is 4.79 Å². The number of halogens is 2. The molecule has 0 amide bonds. The van der Waals surface area contributed by atoms with Gasteiger partial charge >= 0.3 is 5.69 Å². The van der Waals surface area contributed by atoms with Crippen LogP contribution in [0.3, 0.4) is 0 Å². The normalized spacial score (nSPS) is 11.2. The minimum absolute atomic E-state index is 0.390. The van der Waals surface area contributed by atoms with Gasteiger partial charge < -0.3 is 0 Å². The predicted molar refractivity (Wildman–Crippen MR) is 94.2 cm³/mol. The smallest absolute Gasteiger partial charge is 0.244 e. The van der Waals surface area contributed by atoms with E-state index in [1.165, 1.54) is 4.68 Å². The van der Waals surface area contributed by atoms with Gasteiger partial charge in [-0.3, -0.25) is 0 Å². The van der Waals surface area contributed by atoms with Crippen LogP contribution in [-0.2, 0) is 6.42 Å². The fourth-order valence-corrected chi connectivity index (χ4v) is 2.70. The minimum Gasteiger partial charge on any atom is -0.244 e. The molecule has 7 heteroatoms. The van der Waals surface area contributed by atoms with Crippen molar-refractivity contribution in [2.75, 3.05) is 0 Å². The van der Waals surface area contributed by atoms with Gasteiger partial charge in [-0.15, -0.1) is 0 Å². The Labute approximate surface area is 145 Å². The largest absolute Gasteiger partial charge is 0.364 e. The quantitative estimate of drug-likeness (QED) is 0.692. The minimum atomic E-state index is -0.390. The number of benzene rings is 2. The molecule has 1 heterocycles. The molecule has 3 rings (SSSR count). The maximum absolute atomic E-state index is 11.9. The van der Waals surface area contributed by atoms with Crippen LogP contribution in [-0.4, -0.2) is 21.1 Å². The second-order valence-electron chi connectivity index (χ2n) is 4.82. The summed E-state index contributed by atoms with van der Waals surface area (Å²) in [5.74, 6) is 0.495. The number of hydrogen-bond donors (Lipinski definition) is 1. The van der Waals surface area contributed by atoms with Gasteiger partial charge in [0.15, 0.2) is 5.82 Å². The summed E-state index contributed by atoms with van der Waals surface area (Å²) < 4.78 is 2.18. The second kappa shape index (κ2) is 6.93. The molecule has 1 N–H and O–H groups in total. The van der Waals surface area contributed by atoms with Gasteiger partial charge in [0.1, 0.15) is 0 Å². The van der Waals surface area contributed by atoms with Crippen molar-refractivity contribution in [3.63, 3.8) is 0 Å². The van der Waals surface area contributed by atoms with Crippen LogP contribution in [0.5, 0.6) is 0 Å². The molecule has 0 unspecified atom stereocenters. The van der Waals surface area contributed by atoms with Crippen LogP contribution < -0.4 is 5.69 Å². The lowest BCUT2D eigenvalue weighted by Gasteiger charge is -2.03. The Morgan fingerprint density at radius 1 is 1.26 bits per heavy atom. The van der Waals surface area contributed by atoms with E-state index in [-0.39, 0.29) is 0 Å². The molecule has 0 bridgehead atoms. The molecule has 0 aliphatic carbocycles. The molecular weight excluding hydrogens is 380 g/mol. The molecular formula is C16H12BrClN4O. The molecule has 0 saturated heterocycles. The number of rotatable bonds is 4. The van der Waals surface area contributed by atoms with Gasteiger partial charge in [-0.25, -0.2) is 9.89 Å². The van der Waals surface area contributed by atoms with Gasteiger partial charge in [0.05, 0.1) is 6.21 Å². The topological polar surface area (TPSA) is 63.0 Å². The first-order valence-electron chi connectivity index (χ1n) is 6.83. The zero-order valence-electron chi connectivity index (χ0n) is 11.9. The summed E-state index contributed by atoms with van der Waals surface area (Å²) in [6.07, 6.45) is 2.02.